The number of nitrogens with one attached hydrogen (secondary N) is 1. The molecule has 0 fully saturated rings. The molecular weight excluding hydrogens is 302 g/mol. The molecule has 2 aromatic carbocycles. The van der Waals surface area contributed by atoms with Crippen molar-refractivity contribution >= 4 is 22.7 Å². The number of rotatable bonds is 4. The van der Waals surface area contributed by atoms with Gasteiger partial charge in [0.05, 0.1) is 11.9 Å². The number of nitrogens with zero attached hydrogens (tertiary/aromatic N) is 2. The van der Waals surface area contributed by atoms with Gasteiger partial charge in [-0.1, -0.05) is 36.4 Å². The van der Waals surface area contributed by atoms with Crippen LogP contribution in [0, 0.1) is 20.8 Å². The minimum absolute atomic E-state index is 0.809. The Morgan fingerprint density at radius 3 is 2.57 bits per heavy atom. The second-order valence-electron chi connectivity index (χ2n) is 5.59. The maximum absolute atomic E-state index is 4.32. The van der Waals surface area contributed by atoms with Crippen LogP contribution in [0.25, 0.3) is 11.1 Å². The summed E-state index contributed by atoms with van der Waals surface area (Å²) in [5.41, 5.74) is 10.1. The topological polar surface area (TPSA) is 37.3 Å². The Bertz CT molecular complexity index is 849. The maximum Gasteiger partial charge on any atom is 0.203 e. The summed E-state index contributed by atoms with van der Waals surface area (Å²) in [7, 11) is 0. The van der Waals surface area contributed by atoms with Crippen molar-refractivity contribution in [2.75, 3.05) is 5.43 Å². The highest BCUT2D eigenvalue weighted by molar-refractivity contribution is 7.13. The molecule has 0 aliphatic carbocycles. The Labute approximate surface area is 140 Å². The van der Waals surface area contributed by atoms with Gasteiger partial charge in [-0.3, -0.25) is 5.43 Å². The van der Waals surface area contributed by atoms with E-state index in [1.807, 2.05) is 24.6 Å². The Morgan fingerprint density at radius 2 is 1.83 bits per heavy atom. The van der Waals surface area contributed by atoms with Crippen LogP contribution < -0.4 is 5.43 Å². The number of aromatic nitrogens is 1. The molecule has 0 unspecified atom stereocenters. The minimum Gasteiger partial charge on any atom is -0.253 e. The molecule has 4 heteroatoms. The summed E-state index contributed by atoms with van der Waals surface area (Å²) < 4.78 is 0. The van der Waals surface area contributed by atoms with E-state index < -0.39 is 0 Å². The number of aryl methyl sites for hydroxylation is 3. The smallest absolute Gasteiger partial charge is 0.203 e. The van der Waals surface area contributed by atoms with E-state index in [9.17, 15) is 0 Å². The van der Waals surface area contributed by atoms with Crippen molar-refractivity contribution in [3.8, 4) is 11.1 Å². The molecule has 0 aliphatic rings. The number of benzene rings is 2. The second-order valence-corrected chi connectivity index (χ2v) is 6.45. The molecule has 0 saturated heterocycles. The van der Waals surface area contributed by atoms with Crippen molar-refractivity contribution in [2.24, 2.45) is 5.10 Å². The average Bonchev–Trinajstić information content (AvgIpc) is 2.96. The van der Waals surface area contributed by atoms with Crippen molar-refractivity contribution in [2.45, 2.75) is 20.8 Å². The molecule has 0 bridgehead atoms. The quantitative estimate of drug-likeness (QED) is 0.531. The Hall–Kier alpha value is -2.46. The zero-order valence-corrected chi connectivity index (χ0v) is 14.3. The van der Waals surface area contributed by atoms with Crippen LogP contribution in [0.5, 0.6) is 0 Å². The zero-order valence-electron chi connectivity index (χ0n) is 13.5. The van der Waals surface area contributed by atoms with E-state index >= 15 is 0 Å². The number of hydrogen-bond acceptors (Lipinski definition) is 4. The van der Waals surface area contributed by atoms with Crippen molar-refractivity contribution in [1.29, 1.82) is 0 Å². The molecule has 1 N–H and O–H groups in total. The molecule has 3 rings (SSSR count). The molecule has 1 aromatic heterocycles. The highest BCUT2D eigenvalue weighted by Gasteiger charge is 2.01. The standard InChI is InChI=1S/C19H19N3S/c1-13-7-8-18(9-14(13)2)17-6-4-5-16(10-17)11-20-22-19-21-15(3)12-23-19/h4-12H,1-3H3,(H,21,22). The van der Waals surface area contributed by atoms with Crippen LogP contribution in [0.4, 0.5) is 5.13 Å². The highest BCUT2D eigenvalue weighted by atomic mass is 32.1. The number of hydrazone groups is 1. The van der Waals surface area contributed by atoms with Crippen molar-refractivity contribution < 1.29 is 0 Å². The Balaban J connectivity index is 1.78. The molecule has 0 saturated carbocycles. The van der Waals surface area contributed by atoms with E-state index in [1.54, 1.807) is 11.3 Å². The largest absolute Gasteiger partial charge is 0.253 e. The maximum atomic E-state index is 4.32. The molecule has 3 aromatic rings. The van der Waals surface area contributed by atoms with E-state index in [-0.39, 0.29) is 0 Å². The molecule has 1 heterocycles. The molecule has 3 nitrogen and oxygen atoms in total. The van der Waals surface area contributed by atoms with Crippen LogP contribution in [-0.2, 0) is 0 Å². The summed E-state index contributed by atoms with van der Waals surface area (Å²) >= 11 is 1.55. The fourth-order valence-electron chi connectivity index (χ4n) is 2.29. The molecular formula is C19H19N3S. The van der Waals surface area contributed by atoms with Gasteiger partial charge in [0.2, 0.25) is 5.13 Å². The van der Waals surface area contributed by atoms with Crippen LogP contribution in [0.2, 0.25) is 0 Å². The summed E-state index contributed by atoms with van der Waals surface area (Å²) in [6.07, 6.45) is 1.82. The summed E-state index contributed by atoms with van der Waals surface area (Å²) in [5, 5.41) is 7.07. The normalized spacial score (nSPS) is 11.1. The van der Waals surface area contributed by atoms with Crippen molar-refractivity contribution in [1.82, 2.24) is 4.98 Å². The number of thiazole rings is 1. The van der Waals surface area contributed by atoms with E-state index in [2.05, 4.69) is 65.8 Å². The van der Waals surface area contributed by atoms with Gasteiger partial charge < -0.3 is 0 Å². The van der Waals surface area contributed by atoms with Gasteiger partial charge in [-0.25, -0.2) is 4.98 Å². The first-order chi connectivity index (χ1) is 11.1. The monoisotopic (exact) mass is 321 g/mol. The van der Waals surface area contributed by atoms with E-state index in [1.165, 1.54) is 22.3 Å². The molecule has 0 aliphatic heterocycles. The second kappa shape index (κ2) is 6.75. The molecule has 0 spiro atoms. The van der Waals surface area contributed by atoms with Gasteiger partial charge >= 0.3 is 0 Å². The van der Waals surface area contributed by atoms with Crippen LogP contribution in [0.1, 0.15) is 22.4 Å². The predicted octanol–water partition coefficient (Wildman–Crippen LogP) is 5.18. The van der Waals surface area contributed by atoms with Gasteiger partial charge in [0, 0.05) is 5.38 Å². The van der Waals surface area contributed by atoms with Crippen molar-refractivity contribution in [3.63, 3.8) is 0 Å². The van der Waals surface area contributed by atoms with Gasteiger partial charge in [-0.2, -0.15) is 5.10 Å². The van der Waals surface area contributed by atoms with Gasteiger partial charge in [-0.05, 0) is 54.7 Å². The number of anilines is 1. The third-order valence-electron chi connectivity index (χ3n) is 3.72. The summed E-state index contributed by atoms with van der Waals surface area (Å²) in [5.74, 6) is 0. The first kappa shape index (κ1) is 15.4. The SMILES string of the molecule is Cc1csc(NN=Cc2cccc(-c3ccc(C)c(C)c3)c2)n1. The fraction of sp³-hybridized carbons (Fsp3) is 0.158. The van der Waals surface area contributed by atoms with Crippen LogP contribution in [-0.4, -0.2) is 11.2 Å². The lowest BCUT2D eigenvalue weighted by atomic mass is 9.99. The van der Waals surface area contributed by atoms with E-state index in [0.717, 1.165) is 16.4 Å². The third kappa shape index (κ3) is 3.85. The number of hydrogen-bond donors (Lipinski definition) is 1. The first-order valence-corrected chi connectivity index (χ1v) is 8.39. The van der Waals surface area contributed by atoms with E-state index in [4.69, 9.17) is 0 Å². The van der Waals surface area contributed by atoms with Gasteiger partial charge in [-0.15, -0.1) is 11.3 Å². The predicted molar refractivity (Wildman–Crippen MR) is 99.4 cm³/mol. The first-order valence-electron chi connectivity index (χ1n) is 7.51. The molecule has 23 heavy (non-hydrogen) atoms. The lowest BCUT2D eigenvalue weighted by molar-refractivity contribution is 1.22. The van der Waals surface area contributed by atoms with Crippen LogP contribution in [0.3, 0.4) is 0 Å². The van der Waals surface area contributed by atoms with Crippen molar-refractivity contribution in [3.05, 3.63) is 70.2 Å². The fourth-order valence-corrected chi connectivity index (χ4v) is 2.92. The van der Waals surface area contributed by atoms with Crippen LogP contribution >= 0.6 is 11.3 Å². The average molecular weight is 321 g/mol. The van der Waals surface area contributed by atoms with E-state index in [0.29, 0.717) is 0 Å². The summed E-state index contributed by atoms with van der Waals surface area (Å²) in [6, 6.07) is 14.9. The van der Waals surface area contributed by atoms with Gasteiger partial charge in [0.15, 0.2) is 0 Å². The highest BCUT2D eigenvalue weighted by Crippen LogP contribution is 2.22. The third-order valence-corrected chi connectivity index (χ3v) is 4.58. The van der Waals surface area contributed by atoms with Crippen LogP contribution in [0.15, 0.2) is 52.9 Å². The summed E-state index contributed by atoms with van der Waals surface area (Å²) in [4.78, 5) is 4.32. The Kier molecular flexibility index (Phi) is 4.53. The lowest BCUT2D eigenvalue weighted by Crippen LogP contribution is -1.91. The Morgan fingerprint density at radius 1 is 1.00 bits per heavy atom. The molecule has 116 valence electrons. The summed E-state index contributed by atoms with van der Waals surface area (Å²) in [6.45, 7) is 6.25. The molecule has 0 atom stereocenters. The molecule has 0 radical (unpaired) electrons. The van der Waals surface area contributed by atoms with Gasteiger partial charge in [0.1, 0.15) is 0 Å². The minimum atomic E-state index is 0.809. The van der Waals surface area contributed by atoms with Gasteiger partial charge in [0.25, 0.3) is 0 Å². The lowest BCUT2D eigenvalue weighted by Gasteiger charge is -2.06. The zero-order chi connectivity index (χ0) is 16.2. The molecule has 0 amide bonds.